The van der Waals surface area contributed by atoms with Crippen LogP contribution in [0.2, 0.25) is 0 Å². The van der Waals surface area contributed by atoms with Crippen molar-refractivity contribution in [3.05, 3.63) is 41.8 Å². The summed E-state index contributed by atoms with van der Waals surface area (Å²) >= 11 is 0. The number of nitrogens with zero attached hydrogens (tertiary/aromatic N) is 3. The lowest BCUT2D eigenvalue weighted by Gasteiger charge is -2.12. The molecule has 2 rings (SSSR count). The molecule has 0 amide bonds. The van der Waals surface area contributed by atoms with Crippen LogP contribution in [0.15, 0.2) is 28.9 Å². The van der Waals surface area contributed by atoms with E-state index in [1.807, 2.05) is 32.0 Å². The summed E-state index contributed by atoms with van der Waals surface area (Å²) < 4.78 is 5.21. The van der Waals surface area contributed by atoms with Gasteiger partial charge in [0.15, 0.2) is 5.82 Å². The Morgan fingerprint density at radius 2 is 2.16 bits per heavy atom. The molecule has 5 heteroatoms. The van der Waals surface area contributed by atoms with E-state index in [-0.39, 0.29) is 17.6 Å². The average molecular weight is 259 g/mol. The normalized spacial score (nSPS) is 12.6. The number of hydrogen-bond acceptors (Lipinski definition) is 5. The van der Waals surface area contributed by atoms with Gasteiger partial charge in [-0.2, -0.15) is 4.98 Å². The van der Waals surface area contributed by atoms with E-state index in [1.54, 1.807) is 13.1 Å². The van der Waals surface area contributed by atoms with Crippen LogP contribution in [0, 0.1) is 5.92 Å². The third-order valence-electron chi connectivity index (χ3n) is 2.92. The van der Waals surface area contributed by atoms with Crippen molar-refractivity contribution in [3.8, 4) is 0 Å². The van der Waals surface area contributed by atoms with Crippen LogP contribution < -0.4 is 0 Å². The molecule has 2 heterocycles. The molecule has 0 saturated heterocycles. The van der Waals surface area contributed by atoms with E-state index >= 15 is 0 Å². The third-order valence-corrected chi connectivity index (χ3v) is 2.92. The van der Waals surface area contributed by atoms with Crippen molar-refractivity contribution in [1.29, 1.82) is 0 Å². The van der Waals surface area contributed by atoms with Gasteiger partial charge in [-0.3, -0.25) is 9.78 Å². The predicted molar refractivity (Wildman–Crippen MR) is 69.6 cm³/mol. The van der Waals surface area contributed by atoms with Gasteiger partial charge >= 0.3 is 0 Å². The Kier molecular flexibility index (Phi) is 4.04. The fraction of sp³-hybridized carbons (Fsp3) is 0.429. The monoisotopic (exact) mass is 259 g/mol. The largest absolute Gasteiger partial charge is 0.339 e. The van der Waals surface area contributed by atoms with Gasteiger partial charge in [0.1, 0.15) is 5.78 Å². The van der Waals surface area contributed by atoms with E-state index in [1.165, 1.54) is 0 Å². The smallest absolute Gasteiger partial charge is 0.237 e. The van der Waals surface area contributed by atoms with Gasteiger partial charge in [0.05, 0.1) is 12.3 Å². The maximum absolute atomic E-state index is 11.6. The van der Waals surface area contributed by atoms with Crippen LogP contribution in [0.4, 0.5) is 0 Å². The van der Waals surface area contributed by atoms with Gasteiger partial charge < -0.3 is 4.52 Å². The highest BCUT2D eigenvalue weighted by molar-refractivity contribution is 5.82. The number of hydrogen-bond donors (Lipinski definition) is 0. The molecule has 5 nitrogen and oxygen atoms in total. The molecule has 0 saturated carbocycles. The van der Waals surface area contributed by atoms with Gasteiger partial charge in [-0.1, -0.05) is 25.1 Å². The Bertz CT molecular complexity index is 549. The van der Waals surface area contributed by atoms with E-state index in [0.29, 0.717) is 18.1 Å². The lowest BCUT2D eigenvalue weighted by atomic mass is 9.92. The molecular weight excluding hydrogens is 242 g/mol. The SMILES string of the molecule is CC(=O)C(c1nc(Cc2ccccn2)no1)C(C)C. The Hall–Kier alpha value is -2.04. The summed E-state index contributed by atoms with van der Waals surface area (Å²) in [4.78, 5) is 20.1. The summed E-state index contributed by atoms with van der Waals surface area (Å²) in [5, 5.41) is 3.92. The van der Waals surface area contributed by atoms with Crippen molar-refractivity contribution in [2.45, 2.75) is 33.1 Å². The molecule has 100 valence electrons. The lowest BCUT2D eigenvalue weighted by Crippen LogP contribution is -2.15. The summed E-state index contributed by atoms with van der Waals surface area (Å²) in [7, 11) is 0. The molecule has 0 aliphatic heterocycles. The molecule has 0 fully saturated rings. The summed E-state index contributed by atoms with van der Waals surface area (Å²) in [5.41, 5.74) is 0.874. The Morgan fingerprint density at radius 1 is 1.37 bits per heavy atom. The van der Waals surface area contributed by atoms with Gasteiger partial charge in [0.25, 0.3) is 0 Å². The van der Waals surface area contributed by atoms with Crippen LogP contribution in [0.5, 0.6) is 0 Å². The molecular formula is C14H17N3O2. The molecule has 1 atom stereocenters. The van der Waals surface area contributed by atoms with Gasteiger partial charge in [0, 0.05) is 11.9 Å². The second-order valence-corrected chi connectivity index (χ2v) is 4.88. The maximum atomic E-state index is 11.6. The number of Topliss-reactive ketones (excluding diaryl/α,β-unsaturated/α-hetero) is 1. The van der Waals surface area contributed by atoms with Crippen molar-refractivity contribution < 1.29 is 9.32 Å². The minimum Gasteiger partial charge on any atom is -0.339 e. The second-order valence-electron chi connectivity index (χ2n) is 4.88. The molecule has 2 aromatic heterocycles. The highest BCUT2D eigenvalue weighted by atomic mass is 16.5. The summed E-state index contributed by atoms with van der Waals surface area (Å²) in [6, 6.07) is 5.67. The zero-order valence-corrected chi connectivity index (χ0v) is 11.3. The Morgan fingerprint density at radius 3 is 2.74 bits per heavy atom. The Labute approximate surface area is 112 Å². The van der Waals surface area contributed by atoms with Crippen LogP contribution in [-0.2, 0) is 11.2 Å². The predicted octanol–water partition coefficient (Wildman–Crippen LogP) is 2.38. The van der Waals surface area contributed by atoms with E-state index in [4.69, 9.17) is 4.52 Å². The first-order valence-electron chi connectivity index (χ1n) is 6.30. The zero-order valence-electron chi connectivity index (χ0n) is 11.3. The van der Waals surface area contributed by atoms with Crippen molar-refractivity contribution in [2.75, 3.05) is 0 Å². The quantitative estimate of drug-likeness (QED) is 0.824. The van der Waals surface area contributed by atoms with E-state index in [9.17, 15) is 4.79 Å². The first-order chi connectivity index (χ1) is 9.08. The standard InChI is InChI=1S/C14H17N3O2/c1-9(2)13(10(3)18)14-16-12(17-19-14)8-11-6-4-5-7-15-11/h4-7,9,13H,8H2,1-3H3. The van der Waals surface area contributed by atoms with Gasteiger partial charge in [0.2, 0.25) is 5.89 Å². The van der Waals surface area contributed by atoms with Crippen LogP contribution in [0.3, 0.4) is 0 Å². The lowest BCUT2D eigenvalue weighted by molar-refractivity contribution is -0.119. The number of aromatic nitrogens is 3. The van der Waals surface area contributed by atoms with Crippen LogP contribution in [0.1, 0.15) is 44.1 Å². The minimum absolute atomic E-state index is 0.0445. The first-order valence-corrected chi connectivity index (χ1v) is 6.30. The molecule has 1 unspecified atom stereocenters. The molecule has 0 radical (unpaired) electrons. The fourth-order valence-corrected chi connectivity index (χ4v) is 2.06. The highest BCUT2D eigenvalue weighted by Gasteiger charge is 2.26. The second kappa shape index (κ2) is 5.73. The molecule has 2 aromatic rings. The number of ketones is 1. The van der Waals surface area contributed by atoms with E-state index in [0.717, 1.165) is 5.69 Å². The van der Waals surface area contributed by atoms with E-state index < -0.39 is 0 Å². The molecule has 0 aliphatic carbocycles. The minimum atomic E-state index is -0.329. The van der Waals surface area contributed by atoms with Crippen molar-refractivity contribution in [2.24, 2.45) is 5.92 Å². The van der Waals surface area contributed by atoms with Gasteiger partial charge in [-0.15, -0.1) is 0 Å². The number of pyridine rings is 1. The van der Waals surface area contributed by atoms with Crippen LogP contribution in [-0.4, -0.2) is 20.9 Å². The highest BCUT2D eigenvalue weighted by Crippen LogP contribution is 2.24. The van der Waals surface area contributed by atoms with Crippen LogP contribution >= 0.6 is 0 Å². The average Bonchev–Trinajstić information content (AvgIpc) is 2.77. The topological polar surface area (TPSA) is 68.9 Å². The summed E-state index contributed by atoms with van der Waals surface area (Å²) in [5.74, 6) is 0.808. The van der Waals surface area contributed by atoms with Crippen molar-refractivity contribution >= 4 is 5.78 Å². The van der Waals surface area contributed by atoms with E-state index in [2.05, 4.69) is 15.1 Å². The van der Waals surface area contributed by atoms with Crippen LogP contribution in [0.25, 0.3) is 0 Å². The molecule has 0 bridgehead atoms. The molecule has 0 N–H and O–H groups in total. The fourth-order valence-electron chi connectivity index (χ4n) is 2.06. The Balaban J connectivity index is 2.17. The molecule has 0 spiro atoms. The van der Waals surface area contributed by atoms with Crippen molar-refractivity contribution in [1.82, 2.24) is 15.1 Å². The molecule has 0 aliphatic rings. The molecule has 0 aromatic carbocycles. The number of carbonyl (C=O) groups excluding carboxylic acids is 1. The number of carbonyl (C=O) groups is 1. The first kappa shape index (κ1) is 13.4. The van der Waals surface area contributed by atoms with Gasteiger partial charge in [-0.25, -0.2) is 0 Å². The number of rotatable bonds is 5. The summed E-state index contributed by atoms with van der Waals surface area (Å²) in [6.07, 6.45) is 2.23. The molecule has 19 heavy (non-hydrogen) atoms. The summed E-state index contributed by atoms with van der Waals surface area (Å²) in [6.45, 7) is 5.48. The third kappa shape index (κ3) is 3.24. The maximum Gasteiger partial charge on any atom is 0.237 e. The zero-order chi connectivity index (χ0) is 13.8. The van der Waals surface area contributed by atoms with Crippen molar-refractivity contribution in [3.63, 3.8) is 0 Å². The van der Waals surface area contributed by atoms with Gasteiger partial charge in [-0.05, 0) is 25.0 Å².